The number of nitrogens with zero attached hydrogens (tertiary/aromatic N) is 1. The molecule has 1 aliphatic heterocycles. The van der Waals surface area contributed by atoms with Crippen LogP contribution in [0.4, 0.5) is 0 Å². The topological polar surface area (TPSA) is 82.3 Å². The number of amides is 2. The zero-order valence-electron chi connectivity index (χ0n) is 12.8. The Morgan fingerprint density at radius 1 is 1.22 bits per heavy atom. The van der Waals surface area contributed by atoms with Gasteiger partial charge in [0.1, 0.15) is 0 Å². The Bertz CT molecular complexity index is 797. The van der Waals surface area contributed by atoms with Gasteiger partial charge in [0.05, 0.1) is 6.54 Å². The molecule has 3 rings (SSSR count). The van der Waals surface area contributed by atoms with Crippen LogP contribution in [0.25, 0.3) is 10.9 Å². The van der Waals surface area contributed by atoms with E-state index in [-0.39, 0.29) is 30.5 Å². The normalized spacial score (nSPS) is 15.0. The Morgan fingerprint density at radius 2 is 2.04 bits per heavy atom. The minimum Gasteiger partial charge on any atom is -0.350 e. The van der Waals surface area contributed by atoms with Gasteiger partial charge in [-0.25, -0.2) is 0 Å². The molecule has 0 aliphatic carbocycles. The number of aromatic amines is 1. The average Bonchev–Trinajstić information content (AvgIpc) is 2.54. The molecule has 2 heterocycles. The van der Waals surface area contributed by atoms with Crippen LogP contribution >= 0.6 is 0 Å². The fourth-order valence-corrected chi connectivity index (χ4v) is 2.88. The SMILES string of the molecule is O=C(CN1CCCCC1=O)NCc1cc(=O)[nH]c2ccccc12. The monoisotopic (exact) mass is 313 g/mol. The summed E-state index contributed by atoms with van der Waals surface area (Å²) in [6, 6.07) is 8.96. The second-order valence-corrected chi connectivity index (χ2v) is 5.75. The molecule has 1 fully saturated rings. The molecule has 2 amide bonds. The summed E-state index contributed by atoms with van der Waals surface area (Å²) in [7, 11) is 0. The van der Waals surface area contributed by atoms with Gasteiger partial charge in [-0.2, -0.15) is 0 Å². The van der Waals surface area contributed by atoms with Crippen molar-refractivity contribution in [2.75, 3.05) is 13.1 Å². The van der Waals surface area contributed by atoms with E-state index < -0.39 is 0 Å². The van der Waals surface area contributed by atoms with Gasteiger partial charge in [0, 0.05) is 36.5 Å². The minimum atomic E-state index is -0.204. The lowest BCUT2D eigenvalue weighted by molar-refractivity contribution is -0.137. The third-order valence-corrected chi connectivity index (χ3v) is 4.07. The first-order chi connectivity index (χ1) is 11.1. The highest BCUT2D eigenvalue weighted by Gasteiger charge is 2.20. The van der Waals surface area contributed by atoms with E-state index in [0.29, 0.717) is 13.0 Å². The van der Waals surface area contributed by atoms with E-state index in [9.17, 15) is 14.4 Å². The number of nitrogens with one attached hydrogen (secondary N) is 2. The second-order valence-electron chi connectivity index (χ2n) is 5.75. The highest BCUT2D eigenvalue weighted by molar-refractivity contribution is 5.86. The quantitative estimate of drug-likeness (QED) is 0.888. The summed E-state index contributed by atoms with van der Waals surface area (Å²) in [5.41, 5.74) is 1.32. The first-order valence-electron chi connectivity index (χ1n) is 7.79. The van der Waals surface area contributed by atoms with Gasteiger partial charge in [0.25, 0.3) is 0 Å². The summed E-state index contributed by atoms with van der Waals surface area (Å²) in [5, 5.41) is 3.70. The third kappa shape index (κ3) is 3.59. The van der Waals surface area contributed by atoms with Gasteiger partial charge in [-0.15, -0.1) is 0 Å². The van der Waals surface area contributed by atoms with E-state index in [1.165, 1.54) is 6.07 Å². The maximum absolute atomic E-state index is 12.1. The van der Waals surface area contributed by atoms with Crippen LogP contribution in [0.1, 0.15) is 24.8 Å². The van der Waals surface area contributed by atoms with Crippen molar-refractivity contribution < 1.29 is 9.59 Å². The number of hydrogen-bond acceptors (Lipinski definition) is 3. The summed E-state index contributed by atoms with van der Waals surface area (Å²) < 4.78 is 0. The predicted molar refractivity (Wildman–Crippen MR) is 86.8 cm³/mol. The number of hydrogen-bond donors (Lipinski definition) is 2. The van der Waals surface area contributed by atoms with Crippen LogP contribution in [0, 0.1) is 0 Å². The minimum absolute atomic E-state index is 0.0352. The largest absolute Gasteiger partial charge is 0.350 e. The van der Waals surface area contributed by atoms with E-state index >= 15 is 0 Å². The molecule has 0 spiro atoms. The van der Waals surface area contributed by atoms with E-state index in [4.69, 9.17) is 0 Å². The molecule has 2 aromatic rings. The number of H-pyrrole nitrogens is 1. The van der Waals surface area contributed by atoms with Crippen molar-refractivity contribution in [3.63, 3.8) is 0 Å². The van der Waals surface area contributed by atoms with Gasteiger partial charge in [-0.1, -0.05) is 18.2 Å². The van der Waals surface area contributed by atoms with Gasteiger partial charge >= 0.3 is 0 Å². The van der Waals surface area contributed by atoms with E-state index in [0.717, 1.165) is 29.3 Å². The van der Waals surface area contributed by atoms with Crippen molar-refractivity contribution in [2.45, 2.75) is 25.8 Å². The summed E-state index contributed by atoms with van der Waals surface area (Å²) in [5.74, 6) is -0.169. The summed E-state index contributed by atoms with van der Waals surface area (Å²) in [6.07, 6.45) is 2.36. The number of fused-ring (bicyclic) bond motifs is 1. The Morgan fingerprint density at radius 3 is 2.87 bits per heavy atom. The highest BCUT2D eigenvalue weighted by Crippen LogP contribution is 2.14. The number of carbonyl (C=O) groups excluding carboxylic acids is 2. The molecule has 0 unspecified atom stereocenters. The van der Waals surface area contributed by atoms with Gasteiger partial charge in [-0.3, -0.25) is 14.4 Å². The second kappa shape index (κ2) is 6.64. The number of likely N-dealkylation sites (tertiary alicyclic amines) is 1. The summed E-state index contributed by atoms with van der Waals surface area (Å²) in [6.45, 7) is 0.992. The molecular formula is C17H19N3O3. The molecule has 0 bridgehead atoms. The summed E-state index contributed by atoms with van der Waals surface area (Å²) >= 11 is 0. The highest BCUT2D eigenvalue weighted by atomic mass is 16.2. The van der Waals surface area contributed by atoms with Crippen molar-refractivity contribution in [2.24, 2.45) is 0 Å². The smallest absolute Gasteiger partial charge is 0.248 e. The van der Waals surface area contributed by atoms with Crippen molar-refractivity contribution in [1.82, 2.24) is 15.2 Å². The predicted octanol–water partition coefficient (Wildman–Crippen LogP) is 1.16. The first kappa shape index (κ1) is 15.3. The number of pyridine rings is 1. The molecule has 1 saturated heterocycles. The van der Waals surface area contributed by atoms with E-state index in [2.05, 4.69) is 10.3 Å². The Kier molecular flexibility index (Phi) is 4.41. The molecule has 1 aromatic heterocycles. The maximum atomic E-state index is 12.1. The lowest BCUT2D eigenvalue weighted by Crippen LogP contribution is -2.42. The number of piperidine rings is 1. The lowest BCUT2D eigenvalue weighted by Gasteiger charge is -2.26. The zero-order chi connectivity index (χ0) is 16.2. The third-order valence-electron chi connectivity index (χ3n) is 4.07. The molecule has 0 radical (unpaired) electrons. The molecule has 120 valence electrons. The number of para-hydroxylation sites is 1. The fourth-order valence-electron chi connectivity index (χ4n) is 2.88. The number of rotatable bonds is 4. The molecule has 1 aliphatic rings. The van der Waals surface area contributed by atoms with Crippen LogP contribution in [0.5, 0.6) is 0 Å². The van der Waals surface area contributed by atoms with Crippen molar-refractivity contribution >= 4 is 22.7 Å². The van der Waals surface area contributed by atoms with E-state index in [1.54, 1.807) is 4.90 Å². The molecule has 23 heavy (non-hydrogen) atoms. The van der Waals surface area contributed by atoms with Gasteiger partial charge in [0.15, 0.2) is 0 Å². The molecule has 2 N–H and O–H groups in total. The lowest BCUT2D eigenvalue weighted by atomic mass is 10.1. The number of aromatic nitrogens is 1. The average molecular weight is 313 g/mol. The number of carbonyl (C=O) groups is 2. The first-order valence-corrected chi connectivity index (χ1v) is 7.79. The van der Waals surface area contributed by atoms with Crippen LogP contribution in [-0.4, -0.2) is 34.8 Å². The fraction of sp³-hybridized carbons (Fsp3) is 0.353. The van der Waals surface area contributed by atoms with Crippen LogP contribution in [-0.2, 0) is 16.1 Å². The molecule has 6 nitrogen and oxygen atoms in total. The van der Waals surface area contributed by atoms with Gasteiger partial charge < -0.3 is 15.2 Å². The van der Waals surface area contributed by atoms with Crippen LogP contribution < -0.4 is 10.9 Å². The Labute approximate surface area is 133 Å². The molecular weight excluding hydrogens is 294 g/mol. The van der Waals surface area contributed by atoms with Gasteiger partial charge in [0.2, 0.25) is 17.4 Å². The summed E-state index contributed by atoms with van der Waals surface area (Å²) in [4.78, 5) is 39.8. The Hall–Kier alpha value is -2.63. The van der Waals surface area contributed by atoms with Crippen molar-refractivity contribution in [1.29, 1.82) is 0 Å². The molecule has 1 aromatic carbocycles. The van der Waals surface area contributed by atoms with Crippen LogP contribution in [0.2, 0.25) is 0 Å². The van der Waals surface area contributed by atoms with Crippen LogP contribution in [0.15, 0.2) is 35.1 Å². The number of benzene rings is 1. The standard InChI is InChI=1S/C17H19N3O3/c21-15-9-12(13-5-1-2-6-14(13)19-15)10-18-16(22)11-20-8-4-3-7-17(20)23/h1-2,5-6,9H,3-4,7-8,10-11H2,(H,18,22)(H,19,21). The molecule has 0 atom stereocenters. The molecule has 0 saturated carbocycles. The van der Waals surface area contributed by atoms with Crippen molar-refractivity contribution in [3.05, 3.63) is 46.2 Å². The van der Waals surface area contributed by atoms with E-state index in [1.807, 2.05) is 24.3 Å². The molecule has 6 heteroatoms. The van der Waals surface area contributed by atoms with Gasteiger partial charge in [-0.05, 0) is 24.5 Å². The van der Waals surface area contributed by atoms with Crippen LogP contribution in [0.3, 0.4) is 0 Å². The zero-order valence-corrected chi connectivity index (χ0v) is 12.8. The van der Waals surface area contributed by atoms with Crippen molar-refractivity contribution in [3.8, 4) is 0 Å². The Balaban J connectivity index is 1.67. The maximum Gasteiger partial charge on any atom is 0.248 e.